The predicted molar refractivity (Wildman–Crippen MR) is 87.7 cm³/mol. The van der Waals surface area contributed by atoms with Crippen LogP contribution in [0.4, 0.5) is 0 Å². The largest absolute Gasteiger partial charge is 0.390 e. The Kier molecular flexibility index (Phi) is 4.20. The molecule has 0 aliphatic heterocycles. The first-order chi connectivity index (χ1) is 11.0. The molecule has 3 rings (SSSR count). The van der Waals surface area contributed by atoms with Gasteiger partial charge < -0.3 is 15.5 Å². The highest BCUT2D eigenvalue weighted by Crippen LogP contribution is 2.32. The number of carbonyl (C=O) groups is 1. The van der Waals surface area contributed by atoms with Crippen molar-refractivity contribution in [2.75, 3.05) is 0 Å². The summed E-state index contributed by atoms with van der Waals surface area (Å²) in [6, 6.07) is 16.4. The lowest BCUT2D eigenvalue weighted by molar-refractivity contribution is -0.127. The van der Waals surface area contributed by atoms with Crippen LogP contribution in [-0.2, 0) is 16.8 Å². The van der Waals surface area contributed by atoms with Gasteiger partial charge in [0, 0.05) is 6.42 Å². The molecule has 1 amide bonds. The number of rotatable bonds is 4. The average molecular weight is 311 g/mol. The van der Waals surface area contributed by atoms with E-state index in [9.17, 15) is 15.0 Å². The van der Waals surface area contributed by atoms with Crippen LogP contribution in [0.15, 0.2) is 54.6 Å². The zero-order valence-corrected chi connectivity index (χ0v) is 13.1. The highest BCUT2D eigenvalue weighted by atomic mass is 16.3. The van der Waals surface area contributed by atoms with Crippen LogP contribution in [0.1, 0.15) is 36.1 Å². The van der Waals surface area contributed by atoms with E-state index in [2.05, 4.69) is 5.32 Å². The summed E-state index contributed by atoms with van der Waals surface area (Å²) < 4.78 is 0. The van der Waals surface area contributed by atoms with Crippen LogP contribution in [-0.4, -0.2) is 22.2 Å². The Balaban J connectivity index is 1.71. The third-order valence-corrected chi connectivity index (χ3v) is 4.42. The maximum absolute atomic E-state index is 12.4. The van der Waals surface area contributed by atoms with Gasteiger partial charge in [-0.1, -0.05) is 54.6 Å². The molecule has 0 spiro atoms. The Hall–Kier alpha value is -2.17. The summed E-state index contributed by atoms with van der Waals surface area (Å²) >= 11 is 0. The SMILES string of the molecule is CC(O)(CC(=O)NC1c2ccccc2CC1O)c1ccccc1. The second-order valence-electron chi connectivity index (χ2n) is 6.33. The first-order valence-corrected chi connectivity index (χ1v) is 7.80. The zero-order valence-electron chi connectivity index (χ0n) is 13.1. The Labute approximate surface area is 135 Å². The van der Waals surface area contributed by atoms with Gasteiger partial charge in [-0.3, -0.25) is 4.79 Å². The van der Waals surface area contributed by atoms with Crippen LogP contribution in [0.5, 0.6) is 0 Å². The van der Waals surface area contributed by atoms with E-state index >= 15 is 0 Å². The molecule has 2 aromatic carbocycles. The van der Waals surface area contributed by atoms with E-state index in [1.165, 1.54) is 0 Å². The number of hydrogen-bond acceptors (Lipinski definition) is 3. The Morgan fingerprint density at radius 1 is 1.17 bits per heavy atom. The van der Waals surface area contributed by atoms with Gasteiger partial charge in [0.25, 0.3) is 0 Å². The molecule has 1 aliphatic rings. The second-order valence-corrected chi connectivity index (χ2v) is 6.33. The van der Waals surface area contributed by atoms with Crippen molar-refractivity contribution in [2.24, 2.45) is 0 Å². The fraction of sp³-hybridized carbons (Fsp3) is 0.316. The molecule has 3 atom stereocenters. The standard InChI is InChI=1S/C19H21NO3/c1-19(23,14-8-3-2-4-9-14)12-17(22)20-18-15-10-6-5-7-13(15)11-16(18)21/h2-10,16,18,21,23H,11-12H2,1H3,(H,20,22). The second kappa shape index (κ2) is 6.14. The van der Waals surface area contributed by atoms with E-state index in [1.54, 1.807) is 19.1 Å². The molecule has 3 unspecified atom stereocenters. The molecule has 120 valence electrons. The molecule has 2 aromatic rings. The number of amides is 1. The van der Waals surface area contributed by atoms with E-state index < -0.39 is 17.7 Å². The molecule has 23 heavy (non-hydrogen) atoms. The van der Waals surface area contributed by atoms with Gasteiger partial charge in [-0.2, -0.15) is 0 Å². The minimum absolute atomic E-state index is 0.0532. The van der Waals surface area contributed by atoms with E-state index in [0.29, 0.717) is 12.0 Å². The quantitative estimate of drug-likeness (QED) is 0.809. The Morgan fingerprint density at radius 3 is 2.57 bits per heavy atom. The maximum atomic E-state index is 12.4. The lowest BCUT2D eigenvalue weighted by Crippen LogP contribution is -2.38. The van der Waals surface area contributed by atoms with Crippen molar-refractivity contribution in [3.8, 4) is 0 Å². The smallest absolute Gasteiger partial charge is 0.223 e. The normalized spacial score (nSPS) is 22.2. The summed E-state index contributed by atoms with van der Waals surface area (Å²) in [4.78, 5) is 12.4. The van der Waals surface area contributed by atoms with E-state index in [-0.39, 0.29) is 12.3 Å². The van der Waals surface area contributed by atoms with Gasteiger partial charge in [-0.15, -0.1) is 0 Å². The summed E-state index contributed by atoms with van der Waals surface area (Å²) in [7, 11) is 0. The maximum Gasteiger partial charge on any atom is 0.223 e. The molecule has 0 bridgehead atoms. The van der Waals surface area contributed by atoms with E-state index in [0.717, 1.165) is 11.1 Å². The van der Waals surface area contributed by atoms with Crippen molar-refractivity contribution in [3.63, 3.8) is 0 Å². The number of carbonyl (C=O) groups excluding carboxylic acids is 1. The lowest BCUT2D eigenvalue weighted by Gasteiger charge is -2.25. The predicted octanol–water partition coefficient (Wildman–Crippen LogP) is 2.06. The molecule has 1 aliphatic carbocycles. The van der Waals surface area contributed by atoms with Crippen molar-refractivity contribution in [3.05, 3.63) is 71.3 Å². The van der Waals surface area contributed by atoms with Gasteiger partial charge in [0.2, 0.25) is 5.91 Å². The minimum atomic E-state index is -1.24. The molecule has 0 fully saturated rings. The van der Waals surface area contributed by atoms with Crippen LogP contribution >= 0.6 is 0 Å². The van der Waals surface area contributed by atoms with Crippen molar-refractivity contribution < 1.29 is 15.0 Å². The number of benzene rings is 2. The molecule has 0 aromatic heterocycles. The third-order valence-electron chi connectivity index (χ3n) is 4.42. The van der Waals surface area contributed by atoms with Crippen LogP contribution in [0.3, 0.4) is 0 Å². The van der Waals surface area contributed by atoms with Crippen molar-refractivity contribution in [1.29, 1.82) is 0 Å². The zero-order chi connectivity index (χ0) is 16.4. The fourth-order valence-corrected chi connectivity index (χ4v) is 3.18. The van der Waals surface area contributed by atoms with Gasteiger partial charge in [0.05, 0.1) is 24.2 Å². The first kappa shape index (κ1) is 15.7. The van der Waals surface area contributed by atoms with E-state index in [4.69, 9.17) is 0 Å². The summed E-state index contributed by atoms with van der Waals surface area (Å²) in [5, 5.41) is 23.6. The van der Waals surface area contributed by atoms with Crippen LogP contribution in [0.25, 0.3) is 0 Å². The third kappa shape index (κ3) is 3.28. The molecule has 0 radical (unpaired) electrons. The molecular formula is C19H21NO3. The molecule has 4 heteroatoms. The number of hydrogen-bond donors (Lipinski definition) is 3. The number of aliphatic hydroxyl groups excluding tert-OH is 1. The molecule has 3 N–H and O–H groups in total. The van der Waals surface area contributed by atoms with Gasteiger partial charge >= 0.3 is 0 Å². The Morgan fingerprint density at radius 2 is 1.83 bits per heavy atom. The number of aliphatic hydroxyl groups is 2. The number of nitrogens with one attached hydrogen (secondary N) is 1. The van der Waals surface area contributed by atoms with Gasteiger partial charge in [0.1, 0.15) is 0 Å². The van der Waals surface area contributed by atoms with Crippen molar-refractivity contribution >= 4 is 5.91 Å². The van der Waals surface area contributed by atoms with Crippen LogP contribution in [0.2, 0.25) is 0 Å². The average Bonchev–Trinajstić information content (AvgIpc) is 2.84. The van der Waals surface area contributed by atoms with Crippen LogP contribution in [0, 0.1) is 0 Å². The molecule has 4 nitrogen and oxygen atoms in total. The monoisotopic (exact) mass is 311 g/mol. The minimum Gasteiger partial charge on any atom is -0.390 e. The fourth-order valence-electron chi connectivity index (χ4n) is 3.18. The molecular weight excluding hydrogens is 290 g/mol. The topological polar surface area (TPSA) is 69.6 Å². The van der Waals surface area contributed by atoms with Gasteiger partial charge in [-0.05, 0) is 23.6 Å². The lowest BCUT2D eigenvalue weighted by atomic mass is 9.92. The molecule has 0 heterocycles. The molecule has 0 saturated carbocycles. The summed E-state index contributed by atoms with van der Waals surface area (Å²) in [6.07, 6.45) is -0.142. The number of fused-ring (bicyclic) bond motifs is 1. The van der Waals surface area contributed by atoms with Crippen LogP contribution < -0.4 is 5.32 Å². The summed E-state index contributed by atoms with van der Waals surface area (Å²) in [5.41, 5.74) is 1.46. The van der Waals surface area contributed by atoms with Crippen molar-refractivity contribution in [1.82, 2.24) is 5.32 Å². The first-order valence-electron chi connectivity index (χ1n) is 7.80. The van der Waals surface area contributed by atoms with E-state index in [1.807, 2.05) is 42.5 Å². The summed E-state index contributed by atoms with van der Waals surface area (Å²) in [6.45, 7) is 1.63. The highest BCUT2D eigenvalue weighted by molar-refractivity contribution is 5.78. The summed E-state index contributed by atoms with van der Waals surface area (Å²) in [5.74, 6) is -0.278. The highest BCUT2D eigenvalue weighted by Gasteiger charge is 2.34. The van der Waals surface area contributed by atoms with Gasteiger partial charge in [0.15, 0.2) is 0 Å². The van der Waals surface area contributed by atoms with Gasteiger partial charge in [-0.25, -0.2) is 0 Å². The Bertz CT molecular complexity index is 697. The molecule has 0 saturated heterocycles. The van der Waals surface area contributed by atoms with Crippen molar-refractivity contribution in [2.45, 2.75) is 37.5 Å².